The Morgan fingerprint density at radius 2 is 2.23 bits per heavy atom. The van der Waals surface area contributed by atoms with Crippen molar-refractivity contribution in [3.05, 3.63) is 0 Å². The minimum atomic E-state index is 0.115. The highest BCUT2D eigenvalue weighted by atomic mass is 16.1. The van der Waals surface area contributed by atoms with Crippen LogP contribution in [-0.2, 0) is 4.79 Å². The van der Waals surface area contributed by atoms with Crippen molar-refractivity contribution < 1.29 is 4.79 Å². The fourth-order valence-electron chi connectivity index (χ4n) is 1.49. The van der Waals surface area contributed by atoms with Crippen LogP contribution in [0, 0.1) is 11.8 Å². The van der Waals surface area contributed by atoms with Gasteiger partial charge in [0, 0.05) is 19.5 Å². The summed E-state index contributed by atoms with van der Waals surface area (Å²) in [5.41, 5.74) is 0. The van der Waals surface area contributed by atoms with Gasteiger partial charge in [0.05, 0.1) is 0 Å². The summed E-state index contributed by atoms with van der Waals surface area (Å²) >= 11 is 0. The Kier molecular flexibility index (Phi) is 3.72. The standard InChI is InChI=1S/C10H20N2O/c1-7-4-9(7)6-12-8(2)5-10(13)11-3/h7-9,12H,4-6H2,1-3H3,(H,11,13). The van der Waals surface area contributed by atoms with Crippen LogP contribution in [0.1, 0.15) is 26.7 Å². The highest BCUT2D eigenvalue weighted by Crippen LogP contribution is 2.36. The number of rotatable bonds is 5. The first-order valence-corrected chi connectivity index (χ1v) is 5.07. The topological polar surface area (TPSA) is 41.1 Å². The molecule has 3 heteroatoms. The first kappa shape index (κ1) is 10.5. The third-order valence-electron chi connectivity index (χ3n) is 2.78. The van der Waals surface area contributed by atoms with Gasteiger partial charge < -0.3 is 10.6 Å². The van der Waals surface area contributed by atoms with Crippen LogP contribution in [0.15, 0.2) is 0 Å². The first-order chi connectivity index (χ1) is 6.13. The predicted molar refractivity (Wildman–Crippen MR) is 53.4 cm³/mol. The third-order valence-corrected chi connectivity index (χ3v) is 2.78. The van der Waals surface area contributed by atoms with E-state index in [1.807, 2.05) is 0 Å². The second-order valence-corrected chi connectivity index (χ2v) is 4.16. The average molecular weight is 184 g/mol. The van der Waals surface area contributed by atoms with Gasteiger partial charge in [0.2, 0.25) is 5.91 Å². The second kappa shape index (κ2) is 4.61. The van der Waals surface area contributed by atoms with Crippen LogP contribution in [0.4, 0.5) is 0 Å². The summed E-state index contributed by atoms with van der Waals surface area (Å²) < 4.78 is 0. The molecule has 0 aliphatic heterocycles. The molecule has 1 rings (SSSR count). The first-order valence-electron chi connectivity index (χ1n) is 5.07. The molecule has 0 bridgehead atoms. The summed E-state index contributed by atoms with van der Waals surface area (Å²) in [7, 11) is 1.68. The van der Waals surface area contributed by atoms with Crippen LogP contribution in [0.25, 0.3) is 0 Å². The van der Waals surface area contributed by atoms with Gasteiger partial charge in [0.25, 0.3) is 0 Å². The van der Waals surface area contributed by atoms with Gasteiger partial charge in [0.1, 0.15) is 0 Å². The fraction of sp³-hybridized carbons (Fsp3) is 0.900. The summed E-state index contributed by atoms with van der Waals surface area (Å²) in [4.78, 5) is 11.0. The second-order valence-electron chi connectivity index (χ2n) is 4.16. The molecule has 0 radical (unpaired) electrons. The van der Waals surface area contributed by atoms with Crippen LogP contribution in [0.5, 0.6) is 0 Å². The van der Waals surface area contributed by atoms with E-state index in [1.165, 1.54) is 6.42 Å². The van der Waals surface area contributed by atoms with Crippen LogP contribution in [-0.4, -0.2) is 25.5 Å². The van der Waals surface area contributed by atoms with E-state index in [2.05, 4.69) is 24.5 Å². The Labute approximate surface area is 80.3 Å². The van der Waals surface area contributed by atoms with Crippen molar-refractivity contribution in [3.8, 4) is 0 Å². The lowest BCUT2D eigenvalue weighted by Crippen LogP contribution is -2.33. The van der Waals surface area contributed by atoms with Crippen molar-refractivity contribution in [1.29, 1.82) is 0 Å². The van der Waals surface area contributed by atoms with E-state index >= 15 is 0 Å². The molecule has 3 unspecified atom stereocenters. The zero-order valence-electron chi connectivity index (χ0n) is 8.76. The number of nitrogens with one attached hydrogen (secondary N) is 2. The van der Waals surface area contributed by atoms with Gasteiger partial charge in [-0.25, -0.2) is 0 Å². The number of amides is 1. The molecule has 76 valence electrons. The molecule has 0 aromatic rings. The molecule has 3 nitrogen and oxygen atoms in total. The quantitative estimate of drug-likeness (QED) is 0.662. The van der Waals surface area contributed by atoms with E-state index in [0.717, 1.165) is 18.4 Å². The molecular weight excluding hydrogens is 164 g/mol. The Balaban J connectivity index is 2.03. The van der Waals surface area contributed by atoms with E-state index in [-0.39, 0.29) is 5.91 Å². The molecule has 2 N–H and O–H groups in total. The highest BCUT2D eigenvalue weighted by molar-refractivity contribution is 5.76. The SMILES string of the molecule is CNC(=O)CC(C)NCC1CC1C. The summed E-state index contributed by atoms with van der Waals surface area (Å²) in [6, 6.07) is 0.299. The molecular formula is C10H20N2O. The van der Waals surface area contributed by atoms with Crippen molar-refractivity contribution in [2.24, 2.45) is 11.8 Å². The smallest absolute Gasteiger partial charge is 0.221 e. The molecule has 0 aromatic carbocycles. The van der Waals surface area contributed by atoms with Crippen LogP contribution >= 0.6 is 0 Å². The lowest BCUT2D eigenvalue weighted by molar-refractivity contribution is -0.121. The Morgan fingerprint density at radius 1 is 1.62 bits per heavy atom. The van der Waals surface area contributed by atoms with Crippen LogP contribution < -0.4 is 10.6 Å². The molecule has 0 aromatic heterocycles. The molecule has 13 heavy (non-hydrogen) atoms. The number of hydrogen-bond acceptors (Lipinski definition) is 2. The molecule has 3 atom stereocenters. The lowest BCUT2D eigenvalue weighted by Gasteiger charge is -2.12. The van der Waals surface area contributed by atoms with Crippen molar-refractivity contribution in [2.75, 3.05) is 13.6 Å². The van der Waals surface area contributed by atoms with Gasteiger partial charge in [-0.3, -0.25) is 4.79 Å². The molecule has 0 spiro atoms. The van der Waals surface area contributed by atoms with E-state index in [0.29, 0.717) is 12.5 Å². The fourth-order valence-corrected chi connectivity index (χ4v) is 1.49. The Morgan fingerprint density at radius 3 is 2.69 bits per heavy atom. The zero-order valence-corrected chi connectivity index (χ0v) is 8.76. The lowest BCUT2D eigenvalue weighted by atomic mass is 10.2. The minimum Gasteiger partial charge on any atom is -0.359 e. The molecule has 0 saturated heterocycles. The van der Waals surface area contributed by atoms with E-state index in [9.17, 15) is 4.79 Å². The summed E-state index contributed by atoms with van der Waals surface area (Å²) in [6.07, 6.45) is 1.93. The average Bonchev–Trinajstić information content (AvgIpc) is 2.78. The maximum absolute atomic E-state index is 11.0. The van der Waals surface area contributed by atoms with Crippen molar-refractivity contribution in [2.45, 2.75) is 32.7 Å². The van der Waals surface area contributed by atoms with Gasteiger partial charge in [-0.15, -0.1) is 0 Å². The predicted octanol–water partition coefficient (Wildman–Crippen LogP) is 0.757. The molecule has 1 saturated carbocycles. The van der Waals surface area contributed by atoms with Gasteiger partial charge in [-0.2, -0.15) is 0 Å². The summed E-state index contributed by atoms with van der Waals surface area (Å²) in [5, 5.41) is 6.01. The Hall–Kier alpha value is -0.570. The van der Waals surface area contributed by atoms with E-state index in [4.69, 9.17) is 0 Å². The van der Waals surface area contributed by atoms with E-state index < -0.39 is 0 Å². The molecule has 1 aliphatic rings. The van der Waals surface area contributed by atoms with Crippen LogP contribution in [0.2, 0.25) is 0 Å². The summed E-state index contributed by atoms with van der Waals surface area (Å²) in [5.74, 6) is 1.86. The van der Waals surface area contributed by atoms with Crippen molar-refractivity contribution in [1.82, 2.24) is 10.6 Å². The molecule has 1 fully saturated rings. The Bertz CT molecular complexity index is 182. The van der Waals surface area contributed by atoms with Crippen LogP contribution in [0.3, 0.4) is 0 Å². The molecule has 1 aliphatic carbocycles. The monoisotopic (exact) mass is 184 g/mol. The number of carbonyl (C=O) groups excluding carboxylic acids is 1. The number of hydrogen-bond donors (Lipinski definition) is 2. The minimum absolute atomic E-state index is 0.115. The van der Waals surface area contributed by atoms with E-state index in [1.54, 1.807) is 7.05 Å². The highest BCUT2D eigenvalue weighted by Gasteiger charge is 2.32. The van der Waals surface area contributed by atoms with Gasteiger partial charge in [-0.05, 0) is 31.7 Å². The largest absolute Gasteiger partial charge is 0.359 e. The van der Waals surface area contributed by atoms with Gasteiger partial charge in [0.15, 0.2) is 0 Å². The maximum Gasteiger partial charge on any atom is 0.221 e. The van der Waals surface area contributed by atoms with Crippen molar-refractivity contribution >= 4 is 5.91 Å². The zero-order chi connectivity index (χ0) is 9.84. The van der Waals surface area contributed by atoms with Crippen molar-refractivity contribution in [3.63, 3.8) is 0 Å². The third kappa shape index (κ3) is 3.77. The van der Waals surface area contributed by atoms with Gasteiger partial charge in [-0.1, -0.05) is 6.92 Å². The number of carbonyl (C=O) groups is 1. The summed E-state index contributed by atoms with van der Waals surface area (Å²) in [6.45, 7) is 5.40. The molecule has 1 amide bonds. The van der Waals surface area contributed by atoms with Gasteiger partial charge >= 0.3 is 0 Å². The molecule has 0 heterocycles. The normalized spacial score (nSPS) is 28.2. The maximum atomic E-state index is 11.0.